The van der Waals surface area contributed by atoms with Crippen molar-refractivity contribution in [3.8, 4) is 5.75 Å². The molecule has 28 heavy (non-hydrogen) atoms. The van der Waals surface area contributed by atoms with Crippen molar-refractivity contribution in [2.24, 2.45) is 0 Å². The number of sulfonamides is 1. The Morgan fingerprint density at radius 1 is 1.21 bits per heavy atom. The molecular formula is C19H23N3O4S2. The van der Waals surface area contributed by atoms with Crippen molar-refractivity contribution in [2.45, 2.75) is 4.90 Å². The van der Waals surface area contributed by atoms with Gasteiger partial charge in [-0.2, -0.15) is 4.31 Å². The molecule has 2 aromatic rings. The Hall–Kier alpha value is -2.20. The van der Waals surface area contributed by atoms with Crippen LogP contribution in [0.4, 0.5) is 5.69 Å². The van der Waals surface area contributed by atoms with E-state index in [1.54, 1.807) is 12.1 Å². The third kappa shape index (κ3) is 4.79. The van der Waals surface area contributed by atoms with Gasteiger partial charge in [0, 0.05) is 37.1 Å². The van der Waals surface area contributed by atoms with Crippen LogP contribution in [0.15, 0.2) is 46.7 Å². The Balaban J connectivity index is 1.80. The van der Waals surface area contributed by atoms with E-state index in [1.807, 2.05) is 24.6 Å². The van der Waals surface area contributed by atoms with E-state index in [0.717, 1.165) is 4.88 Å². The van der Waals surface area contributed by atoms with Crippen LogP contribution in [0.5, 0.6) is 5.75 Å². The summed E-state index contributed by atoms with van der Waals surface area (Å²) in [7, 11) is -0.193. The summed E-state index contributed by atoms with van der Waals surface area (Å²) in [5.74, 6) is 0.0380. The second kappa shape index (κ2) is 8.87. The molecule has 3 rings (SSSR count). The molecule has 0 spiro atoms. The van der Waals surface area contributed by atoms with E-state index in [9.17, 15) is 13.2 Å². The lowest BCUT2D eigenvalue weighted by Gasteiger charge is -2.31. The minimum absolute atomic E-state index is 0.135. The van der Waals surface area contributed by atoms with Crippen molar-refractivity contribution in [1.82, 2.24) is 9.21 Å². The third-order valence-electron chi connectivity index (χ3n) is 4.47. The summed E-state index contributed by atoms with van der Waals surface area (Å²) in [6, 6.07) is 8.31. The van der Waals surface area contributed by atoms with Crippen molar-refractivity contribution in [3.63, 3.8) is 0 Å². The molecule has 1 aromatic heterocycles. The van der Waals surface area contributed by atoms with Crippen molar-refractivity contribution in [2.75, 3.05) is 45.7 Å². The molecule has 0 radical (unpaired) electrons. The molecule has 9 heteroatoms. The van der Waals surface area contributed by atoms with Crippen LogP contribution < -0.4 is 10.1 Å². The van der Waals surface area contributed by atoms with Crippen LogP contribution in [-0.4, -0.2) is 63.9 Å². The average molecular weight is 422 g/mol. The monoisotopic (exact) mass is 421 g/mol. The Labute approximate surface area is 169 Å². The van der Waals surface area contributed by atoms with Crippen LogP contribution >= 0.6 is 11.3 Å². The van der Waals surface area contributed by atoms with Gasteiger partial charge in [0.15, 0.2) is 0 Å². The van der Waals surface area contributed by atoms with Gasteiger partial charge in [0.1, 0.15) is 5.75 Å². The summed E-state index contributed by atoms with van der Waals surface area (Å²) in [5.41, 5.74) is 0.318. The highest BCUT2D eigenvalue weighted by atomic mass is 32.2. The Morgan fingerprint density at radius 2 is 1.96 bits per heavy atom. The molecule has 1 aromatic carbocycles. The highest BCUT2D eigenvalue weighted by Crippen LogP contribution is 2.29. The Kier molecular flexibility index (Phi) is 6.50. The first kappa shape index (κ1) is 20.5. The van der Waals surface area contributed by atoms with Crippen molar-refractivity contribution < 1.29 is 17.9 Å². The Morgan fingerprint density at radius 3 is 2.61 bits per heavy atom. The number of ether oxygens (including phenoxy) is 1. The molecule has 1 aliphatic heterocycles. The number of amides is 1. The van der Waals surface area contributed by atoms with Gasteiger partial charge in [0.2, 0.25) is 15.9 Å². The highest BCUT2D eigenvalue weighted by Gasteiger charge is 2.28. The van der Waals surface area contributed by atoms with E-state index in [0.29, 0.717) is 37.6 Å². The number of nitrogens with zero attached hydrogens (tertiary/aromatic N) is 2. The van der Waals surface area contributed by atoms with Crippen LogP contribution in [0.1, 0.15) is 4.88 Å². The zero-order valence-electron chi connectivity index (χ0n) is 15.8. The predicted molar refractivity (Wildman–Crippen MR) is 111 cm³/mol. The largest absolute Gasteiger partial charge is 0.495 e. The molecule has 150 valence electrons. The van der Waals surface area contributed by atoms with E-state index >= 15 is 0 Å². The van der Waals surface area contributed by atoms with Gasteiger partial charge < -0.3 is 15.0 Å². The molecular weight excluding hydrogens is 398 g/mol. The minimum atomic E-state index is -3.63. The second-order valence-corrected chi connectivity index (χ2v) is 9.32. The number of carbonyl (C=O) groups is 1. The molecule has 7 nitrogen and oxygen atoms in total. The number of likely N-dealkylation sites (N-methyl/N-ethyl adjacent to an activating group) is 1. The van der Waals surface area contributed by atoms with Crippen molar-refractivity contribution in [3.05, 3.63) is 46.7 Å². The Bertz CT molecular complexity index is 948. The maximum absolute atomic E-state index is 13.0. The number of rotatable bonds is 6. The molecule has 0 bridgehead atoms. The standard InChI is InChI=1S/C19H23N3O4S2/c1-21-9-11-22(12-10-21)28(24,25)16-6-7-18(26-2)17(14-16)20-19(23)8-5-15-4-3-13-27-15/h3-8,13-14H,9-12H2,1-2H3,(H,20,23)/b8-5+. The van der Waals surface area contributed by atoms with Gasteiger partial charge in [-0.1, -0.05) is 6.07 Å². The molecule has 1 aliphatic rings. The van der Waals surface area contributed by atoms with Gasteiger partial charge in [-0.05, 0) is 42.8 Å². The maximum Gasteiger partial charge on any atom is 0.248 e. The number of thiophene rings is 1. The maximum atomic E-state index is 13.0. The van der Waals surface area contributed by atoms with Crippen LogP contribution in [0.25, 0.3) is 6.08 Å². The molecule has 0 saturated carbocycles. The summed E-state index contributed by atoms with van der Waals surface area (Å²) in [4.78, 5) is 15.4. The normalized spacial score (nSPS) is 16.4. The molecule has 1 saturated heterocycles. The number of piperazine rings is 1. The average Bonchev–Trinajstić information content (AvgIpc) is 3.20. The van der Waals surface area contributed by atoms with Gasteiger partial charge >= 0.3 is 0 Å². The summed E-state index contributed by atoms with van der Waals surface area (Å²) in [6.07, 6.45) is 3.12. The van der Waals surface area contributed by atoms with E-state index < -0.39 is 10.0 Å². The fourth-order valence-corrected chi connectivity index (χ4v) is 4.91. The molecule has 0 atom stereocenters. The van der Waals surface area contributed by atoms with Gasteiger partial charge in [0.25, 0.3) is 0 Å². The lowest BCUT2D eigenvalue weighted by atomic mass is 10.3. The van der Waals surface area contributed by atoms with Crippen LogP contribution in [0, 0.1) is 0 Å². The highest BCUT2D eigenvalue weighted by molar-refractivity contribution is 7.89. The number of anilines is 1. The molecule has 2 heterocycles. The first-order valence-corrected chi connectivity index (χ1v) is 11.1. The van der Waals surface area contributed by atoms with Gasteiger partial charge in [-0.3, -0.25) is 4.79 Å². The fourth-order valence-electron chi connectivity index (χ4n) is 2.84. The third-order valence-corrected chi connectivity index (χ3v) is 7.20. The molecule has 0 unspecified atom stereocenters. The molecule has 0 aliphatic carbocycles. The smallest absolute Gasteiger partial charge is 0.248 e. The van der Waals surface area contributed by atoms with Gasteiger partial charge in [-0.15, -0.1) is 11.3 Å². The summed E-state index contributed by atoms with van der Waals surface area (Å²) in [6.45, 7) is 2.26. The first-order valence-electron chi connectivity index (χ1n) is 8.79. The number of nitrogens with one attached hydrogen (secondary N) is 1. The fraction of sp³-hybridized carbons (Fsp3) is 0.316. The van der Waals surface area contributed by atoms with E-state index in [2.05, 4.69) is 10.2 Å². The molecule has 1 fully saturated rings. The number of carbonyl (C=O) groups excluding carboxylic acids is 1. The number of methoxy groups -OCH3 is 1. The van der Waals surface area contributed by atoms with E-state index in [-0.39, 0.29) is 10.8 Å². The van der Waals surface area contributed by atoms with Crippen LogP contribution in [0.2, 0.25) is 0 Å². The van der Waals surface area contributed by atoms with Gasteiger partial charge in [-0.25, -0.2) is 8.42 Å². The lowest BCUT2D eigenvalue weighted by Crippen LogP contribution is -2.47. The minimum Gasteiger partial charge on any atom is -0.495 e. The summed E-state index contributed by atoms with van der Waals surface area (Å²) >= 11 is 1.52. The SMILES string of the molecule is COc1ccc(S(=O)(=O)N2CCN(C)CC2)cc1NC(=O)/C=C/c1cccs1. The lowest BCUT2D eigenvalue weighted by molar-refractivity contribution is -0.111. The zero-order valence-corrected chi connectivity index (χ0v) is 17.4. The first-order chi connectivity index (χ1) is 13.4. The topological polar surface area (TPSA) is 79.0 Å². The van der Waals surface area contributed by atoms with Crippen LogP contribution in [-0.2, 0) is 14.8 Å². The summed E-state index contributed by atoms with van der Waals surface area (Å²) in [5, 5.41) is 4.63. The van der Waals surface area contributed by atoms with Gasteiger partial charge in [0.05, 0.1) is 17.7 Å². The predicted octanol–water partition coefficient (Wildman–Crippen LogP) is 2.34. The molecule has 1 N–H and O–H groups in total. The number of hydrogen-bond acceptors (Lipinski definition) is 6. The number of hydrogen-bond donors (Lipinski definition) is 1. The summed E-state index contributed by atoms with van der Waals surface area (Å²) < 4.78 is 32.6. The quantitative estimate of drug-likeness (QED) is 0.725. The van der Waals surface area contributed by atoms with E-state index in [1.165, 1.54) is 41.0 Å². The molecule has 1 amide bonds. The van der Waals surface area contributed by atoms with Crippen molar-refractivity contribution >= 4 is 39.0 Å². The van der Waals surface area contributed by atoms with Crippen molar-refractivity contribution in [1.29, 1.82) is 0 Å². The zero-order chi connectivity index (χ0) is 20.1. The van der Waals surface area contributed by atoms with E-state index in [4.69, 9.17) is 4.74 Å². The van der Waals surface area contributed by atoms with Crippen LogP contribution in [0.3, 0.4) is 0 Å². The number of benzene rings is 1. The second-order valence-electron chi connectivity index (χ2n) is 6.41.